The molecule has 150 valence electrons. The third-order valence-electron chi connectivity index (χ3n) is 5.42. The zero-order chi connectivity index (χ0) is 20.3. The van der Waals surface area contributed by atoms with Gasteiger partial charge in [-0.3, -0.25) is 9.59 Å². The lowest BCUT2D eigenvalue weighted by Crippen LogP contribution is -2.49. The molecule has 3 rings (SSSR count). The van der Waals surface area contributed by atoms with E-state index < -0.39 is 6.04 Å². The first-order chi connectivity index (χ1) is 13.4. The highest BCUT2D eigenvalue weighted by Crippen LogP contribution is 2.21. The highest BCUT2D eigenvalue weighted by molar-refractivity contribution is 5.93. The molecule has 2 aromatic rings. The fourth-order valence-electron chi connectivity index (χ4n) is 3.65. The Balaban J connectivity index is 1.60. The van der Waals surface area contributed by atoms with Crippen molar-refractivity contribution in [3.63, 3.8) is 0 Å². The van der Waals surface area contributed by atoms with E-state index in [1.165, 1.54) is 0 Å². The number of benzene rings is 1. The van der Waals surface area contributed by atoms with Gasteiger partial charge in [-0.1, -0.05) is 23.4 Å². The van der Waals surface area contributed by atoms with E-state index in [0.717, 1.165) is 18.5 Å². The lowest BCUT2D eigenvalue weighted by molar-refractivity contribution is -0.133. The average molecular weight is 384 g/mol. The Labute approximate surface area is 165 Å². The molecule has 0 radical (unpaired) electrons. The van der Waals surface area contributed by atoms with Crippen LogP contribution >= 0.6 is 0 Å². The van der Waals surface area contributed by atoms with Gasteiger partial charge in [0.25, 0.3) is 5.91 Å². The van der Waals surface area contributed by atoms with Crippen LogP contribution in [-0.2, 0) is 4.79 Å². The Bertz CT molecular complexity index is 824. The number of rotatable bonds is 5. The number of carbonyl (C=O) groups is 2. The highest BCUT2D eigenvalue weighted by atomic mass is 16.2. The number of nitrogens with zero attached hydrogens (tertiary/aromatic N) is 4. The molecule has 0 aliphatic carbocycles. The topological polar surface area (TPSA) is 106 Å². The van der Waals surface area contributed by atoms with Crippen molar-refractivity contribution < 1.29 is 9.59 Å². The molecule has 0 saturated carbocycles. The van der Waals surface area contributed by atoms with Crippen molar-refractivity contribution in [3.8, 4) is 5.69 Å². The van der Waals surface area contributed by atoms with E-state index in [2.05, 4.69) is 15.6 Å². The van der Waals surface area contributed by atoms with Gasteiger partial charge in [0.2, 0.25) is 5.91 Å². The molecule has 8 heteroatoms. The van der Waals surface area contributed by atoms with E-state index in [-0.39, 0.29) is 17.9 Å². The van der Waals surface area contributed by atoms with Crippen molar-refractivity contribution in [2.24, 2.45) is 11.7 Å². The maximum Gasteiger partial charge on any atom is 0.273 e. The molecule has 1 aromatic carbocycles. The van der Waals surface area contributed by atoms with Gasteiger partial charge in [-0.05, 0) is 51.7 Å². The first kappa shape index (κ1) is 20.0. The predicted molar refractivity (Wildman–Crippen MR) is 106 cm³/mol. The first-order valence-corrected chi connectivity index (χ1v) is 9.71. The Morgan fingerprint density at radius 2 is 1.82 bits per heavy atom. The molecule has 0 bridgehead atoms. The molecule has 8 nitrogen and oxygen atoms in total. The van der Waals surface area contributed by atoms with Gasteiger partial charge in [0.15, 0.2) is 5.69 Å². The van der Waals surface area contributed by atoms with Crippen LogP contribution < -0.4 is 11.1 Å². The van der Waals surface area contributed by atoms with Crippen LogP contribution in [0.2, 0.25) is 0 Å². The average Bonchev–Trinajstić information content (AvgIpc) is 3.09. The molecule has 1 aliphatic heterocycles. The van der Waals surface area contributed by atoms with E-state index in [4.69, 9.17) is 5.73 Å². The number of hydrogen-bond acceptors (Lipinski definition) is 5. The van der Waals surface area contributed by atoms with Crippen LogP contribution in [0.4, 0.5) is 0 Å². The number of para-hydroxylation sites is 1. The van der Waals surface area contributed by atoms with Gasteiger partial charge < -0.3 is 16.0 Å². The number of carbonyl (C=O) groups excluding carboxylic acids is 2. The van der Waals surface area contributed by atoms with E-state index in [9.17, 15) is 9.59 Å². The van der Waals surface area contributed by atoms with E-state index in [1.54, 1.807) is 11.6 Å². The number of aromatic nitrogens is 3. The molecule has 28 heavy (non-hydrogen) atoms. The van der Waals surface area contributed by atoms with Crippen LogP contribution in [0.5, 0.6) is 0 Å². The first-order valence-electron chi connectivity index (χ1n) is 9.71. The van der Waals surface area contributed by atoms with E-state index in [1.807, 2.05) is 49.1 Å². The maximum atomic E-state index is 12.7. The quantitative estimate of drug-likeness (QED) is 0.808. The lowest BCUT2D eigenvalue weighted by Gasteiger charge is -2.35. The van der Waals surface area contributed by atoms with Crippen molar-refractivity contribution in [1.29, 1.82) is 0 Å². The molecule has 3 N–H and O–H groups in total. The predicted octanol–water partition coefficient (Wildman–Crippen LogP) is 1.28. The fourth-order valence-corrected chi connectivity index (χ4v) is 3.65. The molecule has 1 aromatic heterocycles. The minimum atomic E-state index is -0.469. The fraction of sp³-hybridized carbons (Fsp3) is 0.500. The molecule has 1 fully saturated rings. The summed E-state index contributed by atoms with van der Waals surface area (Å²) in [5.41, 5.74) is 7.59. The van der Waals surface area contributed by atoms with Gasteiger partial charge in [-0.25, -0.2) is 4.68 Å². The summed E-state index contributed by atoms with van der Waals surface area (Å²) < 4.78 is 1.66. The zero-order valence-corrected chi connectivity index (χ0v) is 16.6. The summed E-state index contributed by atoms with van der Waals surface area (Å²) in [5.74, 6) is 0.0788. The van der Waals surface area contributed by atoms with E-state index in [0.29, 0.717) is 30.4 Å². The van der Waals surface area contributed by atoms with Crippen LogP contribution in [-0.4, -0.2) is 56.9 Å². The molecule has 2 atom stereocenters. The molecule has 1 saturated heterocycles. The zero-order valence-electron chi connectivity index (χ0n) is 16.6. The summed E-state index contributed by atoms with van der Waals surface area (Å²) in [7, 11) is 0. The van der Waals surface area contributed by atoms with Crippen molar-refractivity contribution in [1.82, 2.24) is 25.2 Å². The number of nitrogens with one attached hydrogen (secondary N) is 1. The Hall–Kier alpha value is -2.74. The van der Waals surface area contributed by atoms with Crippen molar-refractivity contribution in [2.75, 3.05) is 13.1 Å². The van der Waals surface area contributed by atoms with Crippen molar-refractivity contribution >= 4 is 11.8 Å². The third-order valence-corrected chi connectivity index (χ3v) is 5.42. The lowest BCUT2D eigenvalue weighted by atomic mass is 9.90. The van der Waals surface area contributed by atoms with Crippen LogP contribution in [0.3, 0.4) is 0 Å². The van der Waals surface area contributed by atoms with Crippen LogP contribution in [0, 0.1) is 12.8 Å². The Morgan fingerprint density at radius 3 is 2.43 bits per heavy atom. The number of likely N-dealkylation sites (tertiary alicyclic amines) is 1. The number of hydrogen-bond donors (Lipinski definition) is 2. The molecule has 1 aliphatic rings. The summed E-state index contributed by atoms with van der Waals surface area (Å²) in [6.45, 7) is 6.90. The summed E-state index contributed by atoms with van der Waals surface area (Å²) in [6, 6.07) is 9.12. The number of nitrogens with two attached hydrogens (primary N) is 1. The summed E-state index contributed by atoms with van der Waals surface area (Å²) in [6.07, 6.45) is 1.69. The van der Waals surface area contributed by atoms with Gasteiger partial charge in [0.05, 0.1) is 17.4 Å². The normalized spacial score (nSPS) is 17.2. The minimum absolute atomic E-state index is 0.0108. The standard InChI is InChI=1S/C20H28N6O2/c1-13(21)20(28)25-11-9-16(10-12-25)14(2)22-19(27)18-15(3)26(24-23-18)17-7-5-4-6-8-17/h4-8,13-14,16H,9-12,21H2,1-3H3,(H,22,27)/t13-,14?/m0/s1. The summed E-state index contributed by atoms with van der Waals surface area (Å²) in [5, 5.41) is 11.3. The van der Waals surface area contributed by atoms with Crippen LogP contribution in [0.1, 0.15) is 42.9 Å². The van der Waals surface area contributed by atoms with E-state index >= 15 is 0 Å². The van der Waals surface area contributed by atoms with Gasteiger partial charge in [0, 0.05) is 19.1 Å². The van der Waals surface area contributed by atoms with Crippen LogP contribution in [0.15, 0.2) is 30.3 Å². The largest absolute Gasteiger partial charge is 0.348 e. The number of amides is 2. The van der Waals surface area contributed by atoms with Gasteiger partial charge in [-0.15, -0.1) is 5.10 Å². The molecule has 2 amide bonds. The highest BCUT2D eigenvalue weighted by Gasteiger charge is 2.29. The van der Waals surface area contributed by atoms with Gasteiger partial charge in [-0.2, -0.15) is 0 Å². The molecule has 2 heterocycles. The second-order valence-corrected chi connectivity index (χ2v) is 7.48. The monoisotopic (exact) mass is 384 g/mol. The third kappa shape index (κ3) is 4.22. The Kier molecular flexibility index (Phi) is 6.08. The van der Waals surface area contributed by atoms with Crippen molar-refractivity contribution in [3.05, 3.63) is 41.7 Å². The second kappa shape index (κ2) is 8.52. The van der Waals surface area contributed by atoms with Gasteiger partial charge in [0.1, 0.15) is 0 Å². The van der Waals surface area contributed by atoms with Crippen LogP contribution in [0.25, 0.3) is 5.69 Å². The Morgan fingerprint density at radius 1 is 1.18 bits per heavy atom. The summed E-state index contributed by atoms with van der Waals surface area (Å²) in [4.78, 5) is 26.5. The molecule has 1 unspecified atom stereocenters. The summed E-state index contributed by atoms with van der Waals surface area (Å²) >= 11 is 0. The SMILES string of the molecule is Cc1c(C(=O)NC(C)C2CCN(C(=O)[C@H](C)N)CC2)nnn1-c1ccccc1. The van der Waals surface area contributed by atoms with Crippen molar-refractivity contribution in [2.45, 2.75) is 45.7 Å². The minimum Gasteiger partial charge on any atom is -0.348 e. The molecular formula is C20H28N6O2. The molecule has 0 spiro atoms. The second-order valence-electron chi connectivity index (χ2n) is 7.48. The molecular weight excluding hydrogens is 356 g/mol. The maximum absolute atomic E-state index is 12.7. The number of piperidine rings is 1. The smallest absolute Gasteiger partial charge is 0.273 e. The van der Waals surface area contributed by atoms with Gasteiger partial charge >= 0.3 is 0 Å².